The van der Waals surface area contributed by atoms with Crippen molar-refractivity contribution < 1.29 is 19.1 Å². The Labute approximate surface area is 185 Å². The minimum Gasteiger partial charge on any atom is -0.493 e. The Bertz CT molecular complexity index is 1220. The fraction of sp³-hybridized carbons (Fsp3) is 0.200. The summed E-state index contributed by atoms with van der Waals surface area (Å²) in [6.45, 7) is -0.291. The van der Waals surface area contributed by atoms with E-state index in [1.54, 1.807) is 12.1 Å². The Balaban J connectivity index is 2.01. The molecule has 0 aliphatic heterocycles. The lowest BCUT2D eigenvalue weighted by Gasteiger charge is -2.19. The Morgan fingerprint density at radius 1 is 0.906 bits per heavy atom. The molecule has 0 unspecified atom stereocenters. The summed E-state index contributed by atoms with van der Waals surface area (Å²) in [6.07, 6.45) is 0. The zero-order chi connectivity index (χ0) is 22.7. The van der Waals surface area contributed by atoms with Gasteiger partial charge in [-0.3, -0.25) is 10.1 Å². The second-order valence-corrected chi connectivity index (χ2v) is 7.35. The molecule has 3 aromatic carbocycles. The normalized spacial score (nSPS) is 11.8. The standard InChI is InChI=1S/C25H24N2O5/c1-30-21-13-17(14-22(31-2)25(21)32-3)19(15-27(28)29)23-18-11-7-8-12-20(18)26-24(23)16-9-5-4-6-10-16/h4-14,19,26H,15H2,1-3H3/t19-/m0/s1. The Hall–Kier alpha value is -4.00. The topological polar surface area (TPSA) is 86.6 Å². The van der Waals surface area contributed by atoms with Crippen LogP contribution in [0.2, 0.25) is 0 Å². The van der Waals surface area contributed by atoms with Gasteiger partial charge in [0.05, 0.1) is 32.9 Å². The molecule has 1 aromatic heterocycles. The molecule has 4 aromatic rings. The van der Waals surface area contributed by atoms with E-state index in [9.17, 15) is 10.1 Å². The molecular weight excluding hydrogens is 408 g/mol. The summed E-state index contributed by atoms with van der Waals surface area (Å²) < 4.78 is 16.5. The van der Waals surface area contributed by atoms with Crippen molar-refractivity contribution in [3.63, 3.8) is 0 Å². The number of nitrogens with one attached hydrogen (secondary N) is 1. The van der Waals surface area contributed by atoms with Crippen LogP contribution in [0.15, 0.2) is 66.7 Å². The summed E-state index contributed by atoms with van der Waals surface area (Å²) in [5, 5.41) is 12.7. The first kappa shape index (κ1) is 21.2. The third-order valence-corrected chi connectivity index (χ3v) is 5.58. The molecule has 0 aliphatic rings. The van der Waals surface area contributed by atoms with Gasteiger partial charge in [-0.15, -0.1) is 0 Å². The minimum atomic E-state index is -0.551. The Morgan fingerprint density at radius 2 is 1.53 bits per heavy atom. The molecule has 32 heavy (non-hydrogen) atoms. The van der Waals surface area contributed by atoms with E-state index >= 15 is 0 Å². The lowest BCUT2D eigenvalue weighted by Crippen LogP contribution is -2.15. The van der Waals surface area contributed by atoms with Crippen LogP contribution >= 0.6 is 0 Å². The Morgan fingerprint density at radius 3 is 2.12 bits per heavy atom. The van der Waals surface area contributed by atoms with Gasteiger partial charge in [-0.25, -0.2) is 0 Å². The molecular formula is C25H24N2O5. The van der Waals surface area contributed by atoms with E-state index in [2.05, 4.69) is 4.98 Å². The van der Waals surface area contributed by atoms with Crippen LogP contribution in [0, 0.1) is 10.1 Å². The smallest absolute Gasteiger partial charge is 0.214 e. The molecule has 164 valence electrons. The number of benzene rings is 3. The van der Waals surface area contributed by atoms with Crippen molar-refractivity contribution in [3.8, 4) is 28.5 Å². The monoisotopic (exact) mass is 432 g/mol. The number of hydrogen-bond donors (Lipinski definition) is 1. The van der Waals surface area contributed by atoms with Crippen LogP contribution in [-0.4, -0.2) is 37.8 Å². The van der Waals surface area contributed by atoms with E-state index in [1.165, 1.54) is 21.3 Å². The van der Waals surface area contributed by atoms with Crippen LogP contribution in [0.4, 0.5) is 0 Å². The van der Waals surface area contributed by atoms with E-state index in [-0.39, 0.29) is 11.5 Å². The third-order valence-electron chi connectivity index (χ3n) is 5.58. The maximum absolute atomic E-state index is 11.8. The summed E-state index contributed by atoms with van der Waals surface area (Å²) >= 11 is 0. The van der Waals surface area contributed by atoms with Crippen LogP contribution in [-0.2, 0) is 0 Å². The molecule has 1 heterocycles. The average Bonchev–Trinajstić information content (AvgIpc) is 3.21. The van der Waals surface area contributed by atoms with Gasteiger partial charge in [-0.2, -0.15) is 0 Å². The summed E-state index contributed by atoms with van der Waals surface area (Å²) in [5.41, 5.74) is 4.30. The number of nitro groups is 1. The highest BCUT2D eigenvalue weighted by molar-refractivity contribution is 5.92. The number of methoxy groups -OCH3 is 3. The highest BCUT2D eigenvalue weighted by Gasteiger charge is 2.29. The van der Waals surface area contributed by atoms with E-state index in [0.717, 1.165) is 27.7 Å². The van der Waals surface area contributed by atoms with Gasteiger partial charge in [-0.05, 0) is 34.9 Å². The quantitative estimate of drug-likeness (QED) is 0.303. The average molecular weight is 432 g/mol. The first-order chi connectivity index (χ1) is 15.6. The molecule has 1 N–H and O–H groups in total. The zero-order valence-corrected chi connectivity index (χ0v) is 18.1. The molecule has 0 saturated carbocycles. The van der Waals surface area contributed by atoms with Crippen molar-refractivity contribution in [2.24, 2.45) is 0 Å². The van der Waals surface area contributed by atoms with Gasteiger partial charge in [-0.1, -0.05) is 48.5 Å². The number of H-pyrrole nitrogens is 1. The number of rotatable bonds is 8. The predicted octanol–water partition coefficient (Wildman–Crippen LogP) is 5.27. The molecule has 0 spiro atoms. The summed E-state index contributed by atoms with van der Waals surface area (Å²) in [6, 6.07) is 21.2. The van der Waals surface area contributed by atoms with Crippen molar-refractivity contribution in [2.45, 2.75) is 5.92 Å². The highest BCUT2D eigenvalue weighted by atomic mass is 16.6. The van der Waals surface area contributed by atoms with Crippen LogP contribution in [0.3, 0.4) is 0 Å². The largest absolute Gasteiger partial charge is 0.493 e. The third kappa shape index (κ3) is 3.85. The lowest BCUT2D eigenvalue weighted by atomic mass is 9.87. The van der Waals surface area contributed by atoms with Crippen LogP contribution < -0.4 is 14.2 Å². The van der Waals surface area contributed by atoms with Crippen LogP contribution in [0.25, 0.3) is 22.2 Å². The fourth-order valence-electron chi connectivity index (χ4n) is 4.17. The van der Waals surface area contributed by atoms with E-state index in [4.69, 9.17) is 14.2 Å². The maximum atomic E-state index is 11.8. The van der Waals surface area contributed by atoms with Gasteiger partial charge < -0.3 is 19.2 Å². The maximum Gasteiger partial charge on any atom is 0.214 e. The molecule has 0 amide bonds. The molecule has 0 saturated heterocycles. The predicted molar refractivity (Wildman–Crippen MR) is 124 cm³/mol. The number of aromatic nitrogens is 1. The van der Waals surface area contributed by atoms with Crippen molar-refractivity contribution in [1.82, 2.24) is 4.98 Å². The van der Waals surface area contributed by atoms with Crippen LogP contribution in [0.5, 0.6) is 17.2 Å². The number of hydrogen-bond acceptors (Lipinski definition) is 5. The molecule has 4 rings (SSSR count). The first-order valence-electron chi connectivity index (χ1n) is 10.1. The van der Waals surface area contributed by atoms with Crippen molar-refractivity contribution in [2.75, 3.05) is 27.9 Å². The molecule has 1 atom stereocenters. The van der Waals surface area contributed by atoms with Gasteiger partial charge in [0.2, 0.25) is 12.3 Å². The van der Waals surface area contributed by atoms with E-state index in [0.29, 0.717) is 22.8 Å². The molecule has 7 nitrogen and oxygen atoms in total. The fourth-order valence-corrected chi connectivity index (χ4v) is 4.17. The molecule has 0 radical (unpaired) electrons. The second kappa shape index (κ2) is 9.01. The number of para-hydroxylation sites is 1. The van der Waals surface area contributed by atoms with Crippen molar-refractivity contribution in [3.05, 3.63) is 88.0 Å². The summed E-state index contributed by atoms with van der Waals surface area (Å²) in [4.78, 5) is 15.0. The van der Waals surface area contributed by atoms with Gasteiger partial charge in [0.1, 0.15) is 0 Å². The lowest BCUT2D eigenvalue weighted by molar-refractivity contribution is -0.481. The zero-order valence-electron chi connectivity index (χ0n) is 18.1. The van der Waals surface area contributed by atoms with Crippen molar-refractivity contribution in [1.29, 1.82) is 0 Å². The second-order valence-electron chi connectivity index (χ2n) is 7.35. The van der Waals surface area contributed by atoms with Gasteiger partial charge in [0.15, 0.2) is 11.5 Å². The highest BCUT2D eigenvalue weighted by Crippen LogP contribution is 2.44. The van der Waals surface area contributed by atoms with E-state index < -0.39 is 5.92 Å². The summed E-state index contributed by atoms with van der Waals surface area (Å²) in [5.74, 6) is 0.804. The Kier molecular flexibility index (Phi) is 5.98. The van der Waals surface area contributed by atoms with E-state index in [1.807, 2.05) is 54.6 Å². The molecule has 7 heteroatoms. The van der Waals surface area contributed by atoms with Gasteiger partial charge >= 0.3 is 0 Å². The number of aromatic amines is 1. The molecule has 0 fully saturated rings. The number of ether oxygens (including phenoxy) is 3. The van der Waals surface area contributed by atoms with Crippen molar-refractivity contribution >= 4 is 10.9 Å². The SMILES string of the molecule is COc1cc([C@H](C[N+](=O)[O-])c2c(-c3ccccc3)[nH]c3ccccc23)cc(OC)c1OC. The van der Waals surface area contributed by atoms with Crippen LogP contribution in [0.1, 0.15) is 17.0 Å². The minimum absolute atomic E-state index is 0.287. The first-order valence-corrected chi connectivity index (χ1v) is 10.1. The number of nitrogens with zero attached hydrogens (tertiary/aromatic N) is 1. The molecule has 0 aliphatic carbocycles. The summed E-state index contributed by atoms with van der Waals surface area (Å²) in [7, 11) is 4.59. The molecule has 0 bridgehead atoms. The van der Waals surface area contributed by atoms with Gasteiger partial charge in [0, 0.05) is 15.8 Å². The number of fused-ring (bicyclic) bond motifs is 1. The van der Waals surface area contributed by atoms with Gasteiger partial charge in [0.25, 0.3) is 0 Å².